The van der Waals surface area contributed by atoms with E-state index in [0.29, 0.717) is 12.5 Å². The van der Waals surface area contributed by atoms with E-state index in [1.165, 1.54) is 0 Å². The standard InChI is InChI=1S/C15H23NO2S/c1-3-6-12(9-10-17)11-16-15(18)13-7-4-5-8-14(13)19-2/h4-5,7-8,12,17H,3,6,9-11H2,1-2H3,(H,16,18). The Kier molecular flexibility index (Phi) is 7.60. The van der Waals surface area contributed by atoms with Crippen molar-refractivity contribution in [1.82, 2.24) is 5.32 Å². The fourth-order valence-corrected chi connectivity index (χ4v) is 2.70. The van der Waals surface area contributed by atoms with Gasteiger partial charge in [-0.1, -0.05) is 25.5 Å². The van der Waals surface area contributed by atoms with Crippen LogP contribution in [-0.4, -0.2) is 30.4 Å². The highest BCUT2D eigenvalue weighted by Crippen LogP contribution is 2.19. The van der Waals surface area contributed by atoms with Crippen molar-refractivity contribution < 1.29 is 9.90 Å². The number of rotatable bonds is 8. The number of hydrogen-bond acceptors (Lipinski definition) is 3. The molecule has 0 aromatic heterocycles. The highest BCUT2D eigenvalue weighted by molar-refractivity contribution is 7.98. The molecule has 0 fully saturated rings. The summed E-state index contributed by atoms with van der Waals surface area (Å²) < 4.78 is 0. The summed E-state index contributed by atoms with van der Waals surface area (Å²) in [7, 11) is 0. The lowest BCUT2D eigenvalue weighted by molar-refractivity contribution is 0.0940. The molecule has 0 saturated carbocycles. The van der Waals surface area contributed by atoms with Crippen molar-refractivity contribution >= 4 is 17.7 Å². The van der Waals surface area contributed by atoms with Crippen LogP contribution in [-0.2, 0) is 0 Å². The van der Waals surface area contributed by atoms with E-state index in [-0.39, 0.29) is 12.5 Å². The second-order valence-electron chi connectivity index (χ2n) is 4.58. The molecule has 0 bridgehead atoms. The molecule has 1 aromatic carbocycles. The Hall–Kier alpha value is -1.00. The summed E-state index contributed by atoms with van der Waals surface area (Å²) >= 11 is 1.58. The average molecular weight is 281 g/mol. The molecule has 2 N–H and O–H groups in total. The number of carbonyl (C=O) groups excluding carboxylic acids is 1. The fraction of sp³-hybridized carbons (Fsp3) is 0.533. The van der Waals surface area contributed by atoms with Crippen LogP contribution in [0.1, 0.15) is 36.5 Å². The molecular weight excluding hydrogens is 258 g/mol. The normalized spacial score (nSPS) is 12.2. The van der Waals surface area contributed by atoms with Gasteiger partial charge in [0.1, 0.15) is 0 Å². The first-order valence-electron chi connectivity index (χ1n) is 6.75. The van der Waals surface area contributed by atoms with Crippen LogP contribution in [0.5, 0.6) is 0 Å². The van der Waals surface area contributed by atoms with E-state index in [1.54, 1.807) is 11.8 Å². The second kappa shape index (κ2) is 8.99. The molecule has 0 heterocycles. The molecule has 1 atom stereocenters. The monoisotopic (exact) mass is 281 g/mol. The van der Waals surface area contributed by atoms with Gasteiger partial charge in [0.25, 0.3) is 5.91 Å². The lowest BCUT2D eigenvalue weighted by atomic mass is 10.00. The first kappa shape index (κ1) is 16.1. The van der Waals surface area contributed by atoms with Crippen molar-refractivity contribution in [2.24, 2.45) is 5.92 Å². The Bertz CT molecular complexity index is 389. The molecule has 1 amide bonds. The molecule has 0 aliphatic rings. The molecule has 106 valence electrons. The molecule has 0 spiro atoms. The Morgan fingerprint density at radius 2 is 2.11 bits per heavy atom. The number of nitrogens with one attached hydrogen (secondary N) is 1. The summed E-state index contributed by atoms with van der Waals surface area (Å²) in [5, 5.41) is 12.0. The molecular formula is C15H23NO2S. The molecule has 0 aliphatic carbocycles. The molecule has 1 unspecified atom stereocenters. The maximum absolute atomic E-state index is 12.2. The van der Waals surface area contributed by atoms with Gasteiger partial charge in [-0.25, -0.2) is 0 Å². The summed E-state index contributed by atoms with van der Waals surface area (Å²) in [4.78, 5) is 13.1. The number of aliphatic hydroxyl groups excluding tert-OH is 1. The highest BCUT2D eigenvalue weighted by Gasteiger charge is 2.13. The number of thioether (sulfide) groups is 1. The Morgan fingerprint density at radius 3 is 2.74 bits per heavy atom. The van der Waals surface area contributed by atoms with Gasteiger partial charge in [-0.15, -0.1) is 11.8 Å². The molecule has 1 rings (SSSR count). The van der Waals surface area contributed by atoms with Crippen molar-refractivity contribution in [1.29, 1.82) is 0 Å². The number of aliphatic hydroxyl groups is 1. The van der Waals surface area contributed by atoms with Gasteiger partial charge >= 0.3 is 0 Å². The number of benzene rings is 1. The van der Waals surface area contributed by atoms with Crippen LogP contribution < -0.4 is 5.32 Å². The minimum Gasteiger partial charge on any atom is -0.396 e. The molecule has 0 saturated heterocycles. The van der Waals surface area contributed by atoms with Gasteiger partial charge in [-0.2, -0.15) is 0 Å². The van der Waals surface area contributed by atoms with Crippen molar-refractivity contribution in [3.8, 4) is 0 Å². The SMILES string of the molecule is CCCC(CCO)CNC(=O)c1ccccc1SC. The third-order valence-electron chi connectivity index (χ3n) is 3.14. The van der Waals surface area contributed by atoms with E-state index in [9.17, 15) is 4.79 Å². The van der Waals surface area contributed by atoms with Gasteiger partial charge in [0, 0.05) is 18.0 Å². The molecule has 3 nitrogen and oxygen atoms in total. The first-order chi connectivity index (χ1) is 9.22. The minimum absolute atomic E-state index is 0.0241. The summed E-state index contributed by atoms with van der Waals surface area (Å²) in [5.74, 6) is 0.337. The third-order valence-corrected chi connectivity index (χ3v) is 3.93. The third kappa shape index (κ3) is 5.25. The van der Waals surface area contributed by atoms with Gasteiger partial charge in [-0.3, -0.25) is 4.79 Å². The van der Waals surface area contributed by atoms with Gasteiger partial charge in [-0.05, 0) is 37.1 Å². The number of amides is 1. The number of carbonyl (C=O) groups is 1. The lowest BCUT2D eigenvalue weighted by Crippen LogP contribution is -2.30. The fourth-order valence-electron chi connectivity index (χ4n) is 2.10. The quantitative estimate of drug-likeness (QED) is 0.720. The topological polar surface area (TPSA) is 49.3 Å². The Morgan fingerprint density at radius 1 is 1.37 bits per heavy atom. The largest absolute Gasteiger partial charge is 0.396 e. The Balaban J connectivity index is 2.58. The Labute approximate surface area is 119 Å². The zero-order valence-corrected chi connectivity index (χ0v) is 12.5. The second-order valence-corrected chi connectivity index (χ2v) is 5.43. The van der Waals surface area contributed by atoms with Gasteiger partial charge in [0.15, 0.2) is 0 Å². The maximum Gasteiger partial charge on any atom is 0.252 e. The average Bonchev–Trinajstić information content (AvgIpc) is 2.44. The van der Waals surface area contributed by atoms with E-state index in [1.807, 2.05) is 30.5 Å². The van der Waals surface area contributed by atoms with Crippen LogP contribution in [0.15, 0.2) is 29.2 Å². The van der Waals surface area contributed by atoms with Gasteiger partial charge in [0.05, 0.1) is 5.56 Å². The number of hydrogen-bond donors (Lipinski definition) is 2. The molecule has 19 heavy (non-hydrogen) atoms. The molecule has 0 aliphatic heterocycles. The zero-order valence-electron chi connectivity index (χ0n) is 11.7. The molecule has 0 radical (unpaired) electrons. The van der Waals surface area contributed by atoms with E-state index in [4.69, 9.17) is 5.11 Å². The predicted octanol–water partition coefficient (Wildman–Crippen LogP) is 2.94. The van der Waals surface area contributed by atoms with Crippen molar-refractivity contribution in [3.05, 3.63) is 29.8 Å². The lowest BCUT2D eigenvalue weighted by Gasteiger charge is -2.16. The summed E-state index contributed by atoms with van der Waals surface area (Å²) in [6.07, 6.45) is 4.82. The summed E-state index contributed by atoms with van der Waals surface area (Å²) in [6, 6.07) is 7.62. The van der Waals surface area contributed by atoms with Crippen molar-refractivity contribution in [3.63, 3.8) is 0 Å². The molecule has 1 aromatic rings. The smallest absolute Gasteiger partial charge is 0.252 e. The van der Waals surface area contributed by atoms with Crippen LogP contribution in [0.4, 0.5) is 0 Å². The van der Waals surface area contributed by atoms with Crippen LogP contribution >= 0.6 is 11.8 Å². The summed E-state index contributed by atoms with van der Waals surface area (Å²) in [5.41, 5.74) is 0.731. The zero-order chi connectivity index (χ0) is 14.1. The van der Waals surface area contributed by atoms with E-state index in [2.05, 4.69) is 12.2 Å². The summed E-state index contributed by atoms with van der Waals surface area (Å²) in [6.45, 7) is 2.94. The van der Waals surface area contributed by atoms with Crippen LogP contribution in [0.2, 0.25) is 0 Å². The van der Waals surface area contributed by atoms with Crippen molar-refractivity contribution in [2.75, 3.05) is 19.4 Å². The highest BCUT2D eigenvalue weighted by atomic mass is 32.2. The van der Waals surface area contributed by atoms with E-state index >= 15 is 0 Å². The maximum atomic E-state index is 12.2. The predicted molar refractivity (Wildman–Crippen MR) is 80.7 cm³/mol. The molecule has 4 heteroatoms. The van der Waals surface area contributed by atoms with Crippen LogP contribution in [0, 0.1) is 5.92 Å². The first-order valence-corrected chi connectivity index (χ1v) is 7.97. The minimum atomic E-state index is -0.0241. The van der Waals surface area contributed by atoms with Gasteiger partial charge in [0.2, 0.25) is 0 Å². The van der Waals surface area contributed by atoms with Crippen molar-refractivity contribution in [2.45, 2.75) is 31.1 Å². The van der Waals surface area contributed by atoms with Crippen LogP contribution in [0.25, 0.3) is 0 Å². The van der Waals surface area contributed by atoms with Crippen LogP contribution in [0.3, 0.4) is 0 Å². The van der Waals surface area contributed by atoms with E-state index < -0.39 is 0 Å². The van der Waals surface area contributed by atoms with Gasteiger partial charge < -0.3 is 10.4 Å². The van der Waals surface area contributed by atoms with E-state index in [0.717, 1.165) is 29.7 Å².